The fraction of sp³-hybridized carbons (Fsp3) is 0.250. The van der Waals surface area contributed by atoms with Crippen LogP contribution in [0.3, 0.4) is 0 Å². The third kappa shape index (κ3) is 1.93. The van der Waals surface area contributed by atoms with Crippen LogP contribution in [0.5, 0.6) is 0 Å². The SMILES string of the molecule is c1cncc(-c2nc(C3(c4ccncc4)CCC3)no2)c1. The summed E-state index contributed by atoms with van der Waals surface area (Å²) >= 11 is 0. The lowest BCUT2D eigenvalue weighted by atomic mass is 9.64. The molecule has 1 saturated carbocycles. The summed E-state index contributed by atoms with van der Waals surface area (Å²) < 4.78 is 5.44. The van der Waals surface area contributed by atoms with Gasteiger partial charge in [-0.15, -0.1) is 0 Å². The molecule has 0 aliphatic heterocycles. The summed E-state index contributed by atoms with van der Waals surface area (Å²) in [6, 6.07) is 7.86. The van der Waals surface area contributed by atoms with E-state index in [9.17, 15) is 0 Å². The third-order valence-corrected chi connectivity index (χ3v) is 4.20. The summed E-state index contributed by atoms with van der Waals surface area (Å²) in [6.45, 7) is 0. The zero-order chi connectivity index (χ0) is 14.1. The fourth-order valence-corrected chi connectivity index (χ4v) is 2.87. The summed E-state index contributed by atoms with van der Waals surface area (Å²) in [5, 5.41) is 4.23. The van der Waals surface area contributed by atoms with Crippen molar-refractivity contribution >= 4 is 0 Å². The first-order valence-electron chi connectivity index (χ1n) is 7.04. The molecule has 3 aromatic rings. The van der Waals surface area contributed by atoms with Gasteiger partial charge in [0.15, 0.2) is 5.82 Å². The number of nitrogens with zero attached hydrogens (tertiary/aromatic N) is 4. The number of rotatable bonds is 3. The average Bonchev–Trinajstić information content (AvgIpc) is 2.98. The molecule has 5 heteroatoms. The van der Waals surface area contributed by atoms with Crippen molar-refractivity contribution < 1.29 is 4.52 Å². The lowest BCUT2D eigenvalue weighted by molar-refractivity contribution is 0.272. The maximum absolute atomic E-state index is 5.44. The second-order valence-electron chi connectivity index (χ2n) is 5.34. The summed E-state index contributed by atoms with van der Waals surface area (Å²) in [5.74, 6) is 1.29. The smallest absolute Gasteiger partial charge is 0.259 e. The van der Waals surface area contributed by atoms with Gasteiger partial charge in [-0.2, -0.15) is 4.98 Å². The summed E-state index contributed by atoms with van der Waals surface area (Å²) in [5.41, 5.74) is 1.94. The standard InChI is InChI=1S/C16H14N4O/c1-3-12(11-18-8-1)14-19-15(20-21-14)16(6-2-7-16)13-4-9-17-10-5-13/h1,3-5,8-11H,2,6-7H2. The molecule has 4 rings (SSSR count). The Labute approximate surface area is 122 Å². The van der Waals surface area contributed by atoms with E-state index >= 15 is 0 Å². The Morgan fingerprint density at radius 1 is 1.00 bits per heavy atom. The predicted molar refractivity (Wildman–Crippen MR) is 76.4 cm³/mol. The van der Waals surface area contributed by atoms with E-state index in [-0.39, 0.29) is 5.41 Å². The first-order chi connectivity index (χ1) is 10.4. The van der Waals surface area contributed by atoms with E-state index in [1.54, 1.807) is 12.4 Å². The number of hydrogen-bond acceptors (Lipinski definition) is 5. The molecule has 104 valence electrons. The van der Waals surface area contributed by atoms with Gasteiger partial charge in [0.2, 0.25) is 0 Å². The van der Waals surface area contributed by atoms with Crippen molar-refractivity contribution in [2.45, 2.75) is 24.7 Å². The van der Waals surface area contributed by atoms with Gasteiger partial charge in [0.25, 0.3) is 5.89 Å². The summed E-state index contributed by atoms with van der Waals surface area (Å²) in [7, 11) is 0. The van der Waals surface area contributed by atoms with Crippen molar-refractivity contribution in [1.82, 2.24) is 20.1 Å². The van der Waals surface area contributed by atoms with Gasteiger partial charge in [-0.05, 0) is 42.7 Å². The van der Waals surface area contributed by atoms with E-state index in [0.717, 1.165) is 24.2 Å². The maximum Gasteiger partial charge on any atom is 0.259 e. The molecular weight excluding hydrogens is 264 g/mol. The van der Waals surface area contributed by atoms with E-state index in [1.165, 1.54) is 12.0 Å². The zero-order valence-electron chi connectivity index (χ0n) is 11.4. The van der Waals surface area contributed by atoms with E-state index in [2.05, 4.69) is 20.1 Å². The van der Waals surface area contributed by atoms with Crippen LogP contribution in [0.15, 0.2) is 53.6 Å². The quantitative estimate of drug-likeness (QED) is 0.737. The molecule has 0 atom stereocenters. The Morgan fingerprint density at radius 2 is 1.86 bits per heavy atom. The highest BCUT2D eigenvalue weighted by Gasteiger charge is 2.44. The van der Waals surface area contributed by atoms with Crippen molar-refractivity contribution in [3.05, 3.63) is 60.4 Å². The average molecular weight is 278 g/mol. The minimum atomic E-state index is -0.118. The van der Waals surface area contributed by atoms with Crippen LogP contribution in [-0.4, -0.2) is 20.1 Å². The zero-order valence-corrected chi connectivity index (χ0v) is 11.4. The van der Waals surface area contributed by atoms with E-state index in [0.29, 0.717) is 5.89 Å². The van der Waals surface area contributed by atoms with Gasteiger partial charge in [0.05, 0.1) is 11.0 Å². The van der Waals surface area contributed by atoms with E-state index < -0.39 is 0 Å². The molecule has 0 aromatic carbocycles. The molecule has 3 aromatic heterocycles. The van der Waals surface area contributed by atoms with Crippen molar-refractivity contribution in [2.24, 2.45) is 0 Å². The van der Waals surface area contributed by atoms with Crippen LogP contribution < -0.4 is 0 Å². The minimum absolute atomic E-state index is 0.118. The number of aromatic nitrogens is 4. The molecule has 0 radical (unpaired) electrons. The Hall–Kier alpha value is -2.56. The Morgan fingerprint density at radius 3 is 2.52 bits per heavy atom. The number of pyridine rings is 2. The summed E-state index contributed by atoms with van der Waals surface area (Å²) in [6.07, 6.45) is 10.4. The normalized spacial score (nSPS) is 16.4. The summed E-state index contributed by atoms with van der Waals surface area (Å²) in [4.78, 5) is 12.8. The van der Waals surface area contributed by atoms with Crippen LogP contribution >= 0.6 is 0 Å². The molecule has 1 fully saturated rings. The molecule has 0 unspecified atom stereocenters. The van der Waals surface area contributed by atoms with Crippen molar-refractivity contribution in [2.75, 3.05) is 0 Å². The first kappa shape index (κ1) is 12.2. The molecular formula is C16H14N4O. The van der Waals surface area contributed by atoms with Gasteiger partial charge in [0.1, 0.15) is 0 Å². The largest absolute Gasteiger partial charge is 0.334 e. The van der Waals surface area contributed by atoms with Crippen molar-refractivity contribution in [3.63, 3.8) is 0 Å². The highest BCUT2D eigenvalue weighted by Crippen LogP contribution is 2.47. The van der Waals surface area contributed by atoms with Gasteiger partial charge in [-0.3, -0.25) is 9.97 Å². The molecule has 1 aliphatic rings. The molecule has 0 spiro atoms. The highest BCUT2D eigenvalue weighted by atomic mass is 16.5. The fourth-order valence-electron chi connectivity index (χ4n) is 2.87. The highest BCUT2D eigenvalue weighted by molar-refractivity contribution is 5.51. The van der Waals surface area contributed by atoms with Gasteiger partial charge in [-0.25, -0.2) is 0 Å². The molecule has 21 heavy (non-hydrogen) atoms. The monoisotopic (exact) mass is 278 g/mol. The van der Waals surface area contributed by atoms with Crippen LogP contribution in [0.25, 0.3) is 11.5 Å². The molecule has 3 heterocycles. The van der Waals surface area contributed by atoms with Crippen LogP contribution in [0.1, 0.15) is 30.7 Å². The molecule has 5 nitrogen and oxygen atoms in total. The lowest BCUT2D eigenvalue weighted by Crippen LogP contribution is -2.36. The lowest BCUT2D eigenvalue weighted by Gasteiger charge is -2.39. The Kier molecular flexibility index (Phi) is 2.77. The minimum Gasteiger partial charge on any atom is -0.334 e. The topological polar surface area (TPSA) is 64.7 Å². The van der Waals surface area contributed by atoms with Crippen LogP contribution in [0.4, 0.5) is 0 Å². The second kappa shape index (κ2) is 4.77. The second-order valence-corrected chi connectivity index (χ2v) is 5.34. The van der Waals surface area contributed by atoms with Crippen LogP contribution in [0, 0.1) is 0 Å². The molecule has 0 saturated heterocycles. The van der Waals surface area contributed by atoms with Gasteiger partial charge < -0.3 is 4.52 Å². The predicted octanol–water partition coefficient (Wildman–Crippen LogP) is 3.00. The van der Waals surface area contributed by atoms with Gasteiger partial charge in [-0.1, -0.05) is 11.6 Å². The first-order valence-corrected chi connectivity index (χ1v) is 7.04. The van der Waals surface area contributed by atoms with E-state index in [1.807, 2.05) is 36.7 Å². The Balaban J connectivity index is 1.75. The van der Waals surface area contributed by atoms with Crippen molar-refractivity contribution in [1.29, 1.82) is 0 Å². The third-order valence-electron chi connectivity index (χ3n) is 4.20. The van der Waals surface area contributed by atoms with Gasteiger partial charge in [0, 0.05) is 24.8 Å². The number of hydrogen-bond donors (Lipinski definition) is 0. The van der Waals surface area contributed by atoms with E-state index in [4.69, 9.17) is 4.52 Å². The molecule has 1 aliphatic carbocycles. The molecule has 0 bridgehead atoms. The maximum atomic E-state index is 5.44. The van der Waals surface area contributed by atoms with Crippen molar-refractivity contribution in [3.8, 4) is 11.5 Å². The van der Waals surface area contributed by atoms with Gasteiger partial charge >= 0.3 is 0 Å². The van der Waals surface area contributed by atoms with Crippen LogP contribution in [0.2, 0.25) is 0 Å². The molecule has 0 amide bonds. The molecule has 0 N–H and O–H groups in total. The Bertz CT molecular complexity index is 735. The van der Waals surface area contributed by atoms with Crippen LogP contribution in [-0.2, 0) is 5.41 Å².